The van der Waals surface area contributed by atoms with Crippen LogP contribution in [0.5, 0.6) is 11.8 Å². The standard InChI is InChI=1S/C26H15Cl2NO5/c27-17-11-10-14(12-18(17)28)29-24(32)19-20(25(29)33)26(34-21(19)13-6-2-1-3-7-13)22(30)15-8-4-5-9-16(15)23(26)31/h1-12,21,32-33H/t21-/m0/s1. The summed E-state index contributed by atoms with van der Waals surface area (Å²) in [6.07, 6.45) is -0.978. The molecule has 1 aliphatic heterocycles. The lowest BCUT2D eigenvalue weighted by Crippen LogP contribution is -2.38. The van der Waals surface area contributed by atoms with Crippen molar-refractivity contribution in [2.75, 3.05) is 0 Å². The van der Waals surface area contributed by atoms with Crippen LogP contribution in [0.3, 0.4) is 0 Å². The third-order valence-electron chi connectivity index (χ3n) is 6.39. The summed E-state index contributed by atoms with van der Waals surface area (Å²) in [5.74, 6) is -2.03. The van der Waals surface area contributed by atoms with Gasteiger partial charge in [0.1, 0.15) is 6.10 Å². The maximum Gasteiger partial charge on any atom is 0.225 e. The van der Waals surface area contributed by atoms with Gasteiger partial charge in [-0.05, 0) is 23.8 Å². The number of benzene rings is 3. The normalized spacial score (nSPS) is 17.9. The van der Waals surface area contributed by atoms with E-state index in [9.17, 15) is 19.8 Å². The molecule has 1 aromatic heterocycles. The van der Waals surface area contributed by atoms with Crippen molar-refractivity contribution in [3.63, 3.8) is 0 Å². The minimum absolute atomic E-state index is 0.0730. The minimum Gasteiger partial charge on any atom is -0.494 e. The Balaban J connectivity index is 1.66. The monoisotopic (exact) mass is 491 g/mol. The summed E-state index contributed by atoms with van der Waals surface area (Å²) in [5, 5.41) is 23.2. The third-order valence-corrected chi connectivity index (χ3v) is 7.12. The molecule has 168 valence electrons. The van der Waals surface area contributed by atoms with Crippen LogP contribution < -0.4 is 0 Å². The van der Waals surface area contributed by atoms with Crippen molar-refractivity contribution in [3.8, 4) is 17.4 Å². The van der Waals surface area contributed by atoms with E-state index in [2.05, 4.69) is 0 Å². The molecule has 0 saturated carbocycles. The first-order valence-corrected chi connectivity index (χ1v) is 11.2. The van der Waals surface area contributed by atoms with Crippen molar-refractivity contribution in [3.05, 3.63) is 111 Å². The lowest BCUT2D eigenvalue weighted by molar-refractivity contribution is -0.0231. The summed E-state index contributed by atoms with van der Waals surface area (Å²) in [7, 11) is 0. The van der Waals surface area contributed by atoms with Crippen molar-refractivity contribution < 1.29 is 24.5 Å². The van der Waals surface area contributed by atoms with Crippen LogP contribution in [0.4, 0.5) is 0 Å². The number of ketones is 2. The molecule has 3 aromatic carbocycles. The molecule has 1 spiro atoms. The SMILES string of the molecule is O=C1c2ccccc2C(=O)C12O[C@@H](c1ccccc1)c1c2c(O)n(-c2ccc(Cl)c(Cl)c2)c1O. The van der Waals surface area contributed by atoms with Gasteiger partial charge in [0, 0.05) is 11.1 Å². The number of ether oxygens (including phenoxy) is 1. The molecule has 2 aliphatic rings. The zero-order valence-corrected chi connectivity index (χ0v) is 18.8. The molecule has 2 heterocycles. The molecule has 0 fully saturated rings. The number of carbonyl (C=O) groups excluding carboxylic acids is 2. The average Bonchev–Trinajstić information content (AvgIpc) is 3.42. The molecular weight excluding hydrogens is 477 g/mol. The largest absolute Gasteiger partial charge is 0.494 e. The molecule has 0 saturated heterocycles. The molecule has 0 unspecified atom stereocenters. The fourth-order valence-corrected chi connectivity index (χ4v) is 5.17. The van der Waals surface area contributed by atoms with Gasteiger partial charge in [0.25, 0.3) is 0 Å². The van der Waals surface area contributed by atoms with Crippen molar-refractivity contribution in [2.24, 2.45) is 0 Å². The first-order valence-electron chi connectivity index (χ1n) is 10.4. The van der Waals surface area contributed by atoms with Crippen molar-refractivity contribution in [1.29, 1.82) is 0 Å². The average molecular weight is 492 g/mol. The Kier molecular flexibility index (Phi) is 4.45. The number of hydrogen-bond acceptors (Lipinski definition) is 5. The highest BCUT2D eigenvalue weighted by molar-refractivity contribution is 6.42. The molecule has 6 nitrogen and oxygen atoms in total. The maximum atomic E-state index is 13.7. The molecule has 0 bridgehead atoms. The van der Waals surface area contributed by atoms with Crippen molar-refractivity contribution >= 4 is 34.8 Å². The van der Waals surface area contributed by atoms with Gasteiger partial charge in [0.15, 0.2) is 0 Å². The number of nitrogens with zero attached hydrogens (tertiary/aromatic N) is 1. The number of aromatic nitrogens is 1. The number of Topliss-reactive ketones (excluding diaryl/α,β-unsaturated/α-hetero) is 2. The van der Waals surface area contributed by atoms with Gasteiger partial charge in [-0.1, -0.05) is 77.8 Å². The molecule has 0 amide bonds. The van der Waals surface area contributed by atoms with Gasteiger partial charge < -0.3 is 14.9 Å². The summed E-state index contributed by atoms with van der Waals surface area (Å²) in [5.41, 5.74) is -0.736. The fourth-order valence-electron chi connectivity index (χ4n) is 4.88. The molecule has 1 aliphatic carbocycles. The first kappa shape index (κ1) is 21.0. The van der Waals surface area contributed by atoms with Crippen LogP contribution in [0.15, 0.2) is 72.8 Å². The molecule has 6 rings (SSSR count). The second-order valence-corrected chi connectivity index (χ2v) is 8.98. The van der Waals surface area contributed by atoms with E-state index in [-0.39, 0.29) is 33.2 Å². The van der Waals surface area contributed by atoms with E-state index in [1.54, 1.807) is 54.6 Å². The summed E-state index contributed by atoms with van der Waals surface area (Å²) < 4.78 is 7.36. The van der Waals surface area contributed by atoms with Crippen LogP contribution in [0.2, 0.25) is 10.0 Å². The summed E-state index contributed by atoms with van der Waals surface area (Å²) in [6.45, 7) is 0. The third kappa shape index (κ3) is 2.56. The number of fused-ring (bicyclic) bond motifs is 3. The van der Waals surface area contributed by atoms with Crippen LogP contribution in [-0.2, 0) is 10.3 Å². The van der Waals surface area contributed by atoms with E-state index in [4.69, 9.17) is 27.9 Å². The molecular formula is C26H15Cl2NO5. The Morgan fingerprint density at radius 2 is 1.41 bits per heavy atom. The van der Waals surface area contributed by atoms with Crippen molar-refractivity contribution in [1.82, 2.24) is 4.57 Å². The summed E-state index contributed by atoms with van der Waals surface area (Å²) >= 11 is 12.2. The minimum atomic E-state index is -2.12. The van der Waals surface area contributed by atoms with E-state index < -0.39 is 29.2 Å². The number of carbonyl (C=O) groups is 2. The Labute approximate surface area is 203 Å². The quantitative estimate of drug-likeness (QED) is 0.356. The second-order valence-electron chi connectivity index (χ2n) is 8.16. The fraction of sp³-hybridized carbons (Fsp3) is 0.0769. The highest BCUT2D eigenvalue weighted by Gasteiger charge is 2.64. The smallest absolute Gasteiger partial charge is 0.225 e. The molecule has 34 heavy (non-hydrogen) atoms. The van der Waals surface area contributed by atoms with E-state index in [0.29, 0.717) is 16.3 Å². The van der Waals surface area contributed by atoms with Gasteiger partial charge in [0.2, 0.25) is 28.9 Å². The van der Waals surface area contributed by atoms with Crippen LogP contribution in [-0.4, -0.2) is 26.3 Å². The highest BCUT2D eigenvalue weighted by atomic mass is 35.5. The molecule has 1 atom stereocenters. The predicted molar refractivity (Wildman–Crippen MR) is 125 cm³/mol. The first-order chi connectivity index (χ1) is 16.4. The molecule has 8 heteroatoms. The topological polar surface area (TPSA) is 88.8 Å². The number of rotatable bonds is 2. The Hall–Kier alpha value is -3.58. The Bertz CT molecular complexity index is 1490. The number of halogens is 2. The van der Waals surface area contributed by atoms with Gasteiger partial charge in [0.05, 0.1) is 26.9 Å². The molecule has 4 aromatic rings. The zero-order valence-electron chi connectivity index (χ0n) is 17.3. The number of aromatic hydroxyl groups is 2. The molecule has 2 N–H and O–H groups in total. The predicted octanol–water partition coefficient (Wildman–Crippen LogP) is 5.59. The van der Waals surface area contributed by atoms with E-state index in [1.165, 1.54) is 12.1 Å². The lowest BCUT2D eigenvalue weighted by atomic mass is 9.88. The van der Waals surface area contributed by atoms with Crippen LogP contribution in [0.25, 0.3) is 5.69 Å². The Morgan fingerprint density at radius 1 is 0.794 bits per heavy atom. The van der Waals surface area contributed by atoms with E-state index in [0.717, 1.165) is 4.57 Å². The van der Waals surface area contributed by atoms with Gasteiger partial charge >= 0.3 is 0 Å². The molecule has 0 radical (unpaired) electrons. The van der Waals surface area contributed by atoms with E-state index in [1.807, 2.05) is 6.07 Å². The van der Waals surface area contributed by atoms with Crippen LogP contribution in [0.1, 0.15) is 43.5 Å². The maximum absolute atomic E-state index is 13.7. The van der Waals surface area contributed by atoms with Gasteiger partial charge in [-0.25, -0.2) is 0 Å². The highest BCUT2D eigenvalue weighted by Crippen LogP contribution is 2.59. The van der Waals surface area contributed by atoms with Gasteiger partial charge in [-0.15, -0.1) is 0 Å². The summed E-state index contributed by atoms with van der Waals surface area (Å²) in [4.78, 5) is 27.4. The second kappa shape index (κ2) is 7.21. The van der Waals surface area contributed by atoms with Crippen molar-refractivity contribution in [2.45, 2.75) is 11.7 Å². The van der Waals surface area contributed by atoms with Crippen LogP contribution >= 0.6 is 23.2 Å². The van der Waals surface area contributed by atoms with E-state index >= 15 is 0 Å². The van der Waals surface area contributed by atoms with Gasteiger partial charge in [-0.2, -0.15) is 0 Å². The lowest BCUT2D eigenvalue weighted by Gasteiger charge is -2.24. The number of hydrogen-bond donors (Lipinski definition) is 2. The zero-order chi connectivity index (χ0) is 23.8. The van der Waals surface area contributed by atoms with Gasteiger partial charge in [-0.3, -0.25) is 14.2 Å². The Morgan fingerprint density at radius 3 is 2.03 bits per heavy atom. The summed E-state index contributed by atoms with van der Waals surface area (Å²) in [6, 6.07) is 19.9. The van der Waals surface area contributed by atoms with Crippen LogP contribution in [0, 0.1) is 0 Å².